The van der Waals surface area contributed by atoms with E-state index in [0.717, 1.165) is 0 Å². The molecule has 3 N–H and O–H groups in total. The van der Waals surface area contributed by atoms with Crippen LogP contribution in [0.4, 0.5) is 5.82 Å². The van der Waals surface area contributed by atoms with Crippen LogP contribution in [0, 0.1) is 0 Å². The van der Waals surface area contributed by atoms with Gasteiger partial charge in [0.1, 0.15) is 7.11 Å². The summed E-state index contributed by atoms with van der Waals surface area (Å²) in [5, 5.41) is 17.8. The lowest BCUT2D eigenvalue weighted by atomic mass is 10.2. The molecule has 6 nitrogen and oxygen atoms in total. The third kappa shape index (κ3) is 1.92. The smallest absolute Gasteiger partial charge is 0.233 e. The number of thiocarbonyl (C=S) groups is 1. The van der Waals surface area contributed by atoms with Crippen molar-refractivity contribution in [1.82, 2.24) is 4.73 Å². The Bertz CT molecular complexity index is 606. The molecule has 0 spiro atoms. The standard InChI is InChI=1S/C10H10N4O2S/c1-16-14-7-5-3-2-4-6(7)8(15)9(14)12-13-10(11)17/h2-5,15H,1H3,(H2,11,17)/b13-12+. The van der Waals surface area contributed by atoms with Crippen molar-refractivity contribution >= 4 is 34.1 Å². The summed E-state index contributed by atoms with van der Waals surface area (Å²) in [5.74, 6) is 0.129. The summed E-state index contributed by atoms with van der Waals surface area (Å²) in [6, 6.07) is 7.17. The van der Waals surface area contributed by atoms with E-state index in [1.807, 2.05) is 6.07 Å². The lowest BCUT2D eigenvalue weighted by molar-refractivity contribution is 0.181. The van der Waals surface area contributed by atoms with Crippen LogP contribution in [0.5, 0.6) is 5.75 Å². The summed E-state index contributed by atoms with van der Waals surface area (Å²) < 4.78 is 1.35. The first kappa shape index (κ1) is 11.3. The van der Waals surface area contributed by atoms with Crippen LogP contribution in [-0.4, -0.2) is 22.1 Å². The topological polar surface area (TPSA) is 85.1 Å². The first-order chi connectivity index (χ1) is 8.15. The van der Waals surface area contributed by atoms with E-state index < -0.39 is 0 Å². The Kier molecular flexibility index (Phi) is 2.92. The zero-order valence-corrected chi connectivity index (χ0v) is 9.81. The SMILES string of the molecule is COn1c(/N=N/C(N)=S)c(O)c2ccccc21. The summed E-state index contributed by atoms with van der Waals surface area (Å²) in [5.41, 5.74) is 5.90. The van der Waals surface area contributed by atoms with Crippen LogP contribution in [0.15, 0.2) is 34.5 Å². The Hall–Kier alpha value is -2.15. The fourth-order valence-electron chi connectivity index (χ4n) is 1.55. The van der Waals surface area contributed by atoms with Gasteiger partial charge in [-0.25, -0.2) is 0 Å². The van der Waals surface area contributed by atoms with Gasteiger partial charge in [0.2, 0.25) is 10.9 Å². The van der Waals surface area contributed by atoms with E-state index in [-0.39, 0.29) is 16.7 Å². The van der Waals surface area contributed by atoms with Crippen LogP contribution >= 0.6 is 12.2 Å². The van der Waals surface area contributed by atoms with Crippen LogP contribution in [-0.2, 0) is 0 Å². The number of nitrogens with two attached hydrogens (primary N) is 1. The second-order valence-corrected chi connectivity index (χ2v) is 3.62. The van der Waals surface area contributed by atoms with E-state index in [4.69, 9.17) is 10.6 Å². The minimum Gasteiger partial charge on any atom is -0.504 e. The van der Waals surface area contributed by atoms with Crippen LogP contribution in [0.25, 0.3) is 10.9 Å². The molecule has 0 saturated carbocycles. The fraction of sp³-hybridized carbons (Fsp3) is 0.100. The van der Waals surface area contributed by atoms with Crippen molar-refractivity contribution in [3.05, 3.63) is 24.3 Å². The van der Waals surface area contributed by atoms with Crippen molar-refractivity contribution < 1.29 is 9.94 Å². The Morgan fingerprint density at radius 1 is 1.47 bits per heavy atom. The van der Waals surface area contributed by atoms with Gasteiger partial charge < -0.3 is 15.7 Å². The molecule has 17 heavy (non-hydrogen) atoms. The predicted octanol–water partition coefficient (Wildman–Crippen LogP) is 1.73. The van der Waals surface area contributed by atoms with E-state index in [1.54, 1.807) is 18.2 Å². The molecule has 2 aromatic rings. The molecule has 0 saturated heterocycles. The predicted molar refractivity (Wildman–Crippen MR) is 67.4 cm³/mol. The minimum absolute atomic E-state index is 0.0255. The maximum absolute atomic E-state index is 9.98. The number of para-hydroxylation sites is 1. The van der Waals surface area contributed by atoms with Gasteiger partial charge in [-0.3, -0.25) is 0 Å². The van der Waals surface area contributed by atoms with E-state index in [2.05, 4.69) is 22.4 Å². The summed E-state index contributed by atoms with van der Waals surface area (Å²) in [7, 11) is 1.46. The van der Waals surface area contributed by atoms with Gasteiger partial charge >= 0.3 is 0 Å². The fourth-order valence-corrected chi connectivity index (χ4v) is 1.59. The molecule has 88 valence electrons. The molecule has 2 rings (SSSR count). The Labute approximate surface area is 102 Å². The number of azo groups is 1. The molecule has 1 heterocycles. The number of aromatic hydroxyl groups is 1. The highest BCUT2D eigenvalue weighted by molar-refractivity contribution is 7.80. The molecule has 0 radical (unpaired) electrons. The van der Waals surface area contributed by atoms with Crippen molar-refractivity contribution in [2.24, 2.45) is 16.0 Å². The minimum atomic E-state index is -0.114. The van der Waals surface area contributed by atoms with Gasteiger partial charge in [-0.1, -0.05) is 12.1 Å². The van der Waals surface area contributed by atoms with E-state index in [9.17, 15) is 5.11 Å². The molecule has 0 aliphatic carbocycles. The molecular formula is C10H10N4O2S. The molecule has 1 aromatic heterocycles. The van der Waals surface area contributed by atoms with Gasteiger partial charge in [0.05, 0.1) is 5.52 Å². The first-order valence-corrected chi connectivity index (χ1v) is 5.14. The third-order valence-corrected chi connectivity index (χ3v) is 2.29. The number of hydrogen-bond donors (Lipinski definition) is 2. The summed E-state index contributed by atoms with van der Waals surface area (Å²) in [4.78, 5) is 5.13. The normalized spacial score (nSPS) is 11.1. The molecule has 0 atom stereocenters. The second-order valence-electron chi connectivity index (χ2n) is 3.20. The van der Waals surface area contributed by atoms with Crippen LogP contribution in [0.3, 0.4) is 0 Å². The molecule has 0 amide bonds. The average Bonchev–Trinajstić information content (AvgIpc) is 2.60. The van der Waals surface area contributed by atoms with E-state index >= 15 is 0 Å². The third-order valence-electron chi connectivity index (χ3n) is 2.21. The van der Waals surface area contributed by atoms with E-state index in [1.165, 1.54) is 11.8 Å². The van der Waals surface area contributed by atoms with Crippen molar-refractivity contribution in [3.63, 3.8) is 0 Å². The van der Waals surface area contributed by atoms with E-state index in [0.29, 0.717) is 10.9 Å². The number of fused-ring (bicyclic) bond motifs is 1. The van der Waals surface area contributed by atoms with Gasteiger partial charge in [0.25, 0.3) is 0 Å². The van der Waals surface area contributed by atoms with Gasteiger partial charge in [-0.05, 0) is 24.4 Å². The number of benzene rings is 1. The largest absolute Gasteiger partial charge is 0.504 e. The van der Waals surface area contributed by atoms with Gasteiger partial charge in [0.15, 0.2) is 5.75 Å². The lowest BCUT2D eigenvalue weighted by Crippen LogP contribution is -2.05. The summed E-state index contributed by atoms with van der Waals surface area (Å²) >= 11 is 4.58. The monoisotopic (exact) mass is 250 g/mol. The summed E-state index contributed by atoms with van der Waals surface area (Å²) in [6.45, 7) is 0. The van der Waals surface area contributed by atoms with Crippen molar-refractivity contribution in [2.45, 2.75) is 0 Å². The van der Waals surface area contributed by atoms with Gasteiger partial charge in [-0.2, -0.15) is 4.73 Å². The zero-order chi connectivity index (χ0) is 12.4. The Morgan fingerprint density at radius 2 is 2.18 bits per heavy atom. The van der Waals surface area contributed by atoms with Crippen LogP contribution < -0.4 is 10.6 Å². The first-order valence-electron chi connectivity index (χ1n) is 4.73. The number of nitrogens with zero attached hydrogens (tertiary/aromatic N) is 3. The number of aromatic nitrogens is 1. The van der Waals surface area contributed by atoms with Crippen LogP contribution in [0.2, 0.25) is 0 Å². The molecule has 1 aromatic carbocycles. The molecule has 0 bridgehead atoms. The zero-order valence-electron chi connectivity index (χ0n) is 8.99. The summed E-state index contributed by atoms with van der Waals surface area (Å²) in [6.07, 6.45) is 0. The Morgan fingerprint density at radius 3 is 2.82 bits per heavy atom. The Balaban J connectivity index is 2.69. The molecular weight excluding hydrogens is 240 g/mol. The maximum atomic E-state index is 9.98. The quantitative estimate of drug-likeness (QED) is 0.628. The van der Waals surface area contributed by atoms with Crippen molar-refractivity contribution in [1.29, 1.82) is 0 Å². The second kappa shape index (κ2) is 4.38. The van der Waals surface area contributed by atoms with Gasteiger partial charge in [0, 0.05) is 5.39 Å². The maximum Gasteiger partial charge on any atom is 0.233 e. The highest BCUT2D eigenvalue weighted by Gasteiger charge is 2.16. The molecule has 0 aliphatic heterocycles. The highest BCUT2D eigenvalue weighted by Crippen LogP contribution is 2.37. The molecule has 7 heteroatoms. The molecule has 0 fully saturated rings. The highest BCUT2D eigenvalue weighted by atomic mass is 32.1. The molecule has 0 unspecified atom stereocenters. The number of hydrogen-bond acceptors (Lipinski definition) is 4. The lowest BCUT2D eigenvalue weighted by Gasteiger charge is -2.03. The molecule has 0 aliphatic rings. The van der Waals surface area contributed by atoms with Crippen molar-refractivity contribution in [2.75, 3.05) is 7.11 Å². The average molecular weight is 250 g/mol. The number of rotatable bonds is 2. The van der Waals surface area contributed by atoms with Crippen molar-refractivity contribution in [3.8, 4) is 5.75 Å². The van der Waals surface area contributed by atoms with Gasteiger partial charge in [-0.15, -0.1) is 10.2 Å². The van der Waals surface area contributed by atoms with Crippen LogP contribution in [0.1, 0.15) is 0 Å².